The zero-order valence-electron chi connectivity index (χ0n) is 8.91. The molecule has 1 aromatic rings. The number of hydrogen-bond acceptors (Lipinski definition) is 3. The van der Waals surface area contributed by atoms with Crippen molar-refractivity contribution >= 4 is 27.5 Å². The maximum atomic E-state index is 13.1. The molecule has 0 aliphatic carbocycles. The Bertz CT molecular complexity index is 473. The molecule has 1 heterocycles. The maximum absolute atomic E-state index is 13.1. The zero-order valence-corrected chi connectivity index (χ0v) is 10.5. The van der Waals surface area contributed by atoms with Crippen LogP contribution in [0.1, 0.15) is 16.8 Å². The highest BCUT2D eigenvalue weighted by molar-refractivity contribution is 9.10. The number of benzene rings is 1. The first-order chi connectivity index (χ1) is 8.09. The van der Waals surface area contributed by atoms with E-state index >= 15 is 0 Å². The van der Waals surface area contributed by atoms with E-state index in [0.29, 0.717) is 11.1 Å². The van der Waals surface area contributed by atoms with Gasteiger partial charge >= 0.3 is 0 Å². The van der Waals surface area contributed by atoms with Crippen LogP contribution in [0.25, 0.3) is 0 Å². The molecule has 1 saturated heterocycles. The van der Waals surface area contributed by atoms with Crippen molar-refractivity contribution in [3.05, 3.63) is 34.1 Å². The summed E-state index contributed by atoms with van der Waals surface area (Å²) in [6.07, 6.45) is 0.239. The highest BCUT2D eigenvalue weighted by atomic mass is 79.9. The van der Waals surface area contributed by atoms with E-state index in [-0.39, 0.29) is 30.2 Å². The number of carbonyl (C=O) groups excluding carboxylic acids is 2. The van der Waals surface area contributed by atoms with E-state index in [2.05, 4.69) is 15.9 Å². The molecule has 2 rings (SSSR count). The lowest BCUT2D eigenvalue weighted by Gasteiger charge is -2.20. The van der Waals surface area contributed by atoms with Crippen LogP contribution in [0.5, 0.6) is 0 Å². The monoisotopic (exact) mass is 300 g/mol. The van der Waals surface area contributed by atoms with Crippen LogP contribution in [-0.2, 0) is 9.53 Å². The molecule has 0 spiro atoms. The van der Waals surface area contributed by atoms with Gasteiger partial charge in [0.1, 0.15) is 17.5 Å². The molecule has 1 fully saturated rings. The molecule has 0 radical (unpaired) electrons. The van der Waals surface area contributed by atoms with Gasteiger partial charge in [0.2, 0.25) is 0 Å². The van der Waals surface area contributed by atoms with E-state index < -0.39 is 11.7 Å². The number of Topliss-reactive ketones (excluding diaryl/α,β-unsaturated/α-hetero) is 2. The maximum Gasteiger partial charge on any atom is 0.176 e. The van der Waals surface area contributed by atoms with Crippen LogP contribution in [0.4, 0.5) is 4.39 Å². The fourth-order valence-electron chi connectivity index (χ4n) is 1.74. The molecule has 1 aliphatic heterocycles. The quantitative estimate of drug-likeness (QED) is 0.622. The summed E-state index contributed by atoms with van der Waals surface area (Å²) in [6, 6.07) is 3.84. The van der Waals surface area contributed by atoms with Gasteiger partial charge in [-0.1, -0.05) is 15.9 Å². The number of carbonyl (C=O) groups is 2. The lowest BCUT2D eigenvalue weighted by Crippen LogP contribution is -2.34. The second kappa shape index (κ2) is 5.06. The van der Waals surface area contributed by atoms with Crippen LogP contribution in [0.2, 0.25) is 0 Å². The smallest absolute Gasteiger partial charge is 0.176 e. The number of ether oxygens (including phenoxy) is 1. The molecule has 17 heavy (non-hydrogen) atoms. The Hall–Kier alpha value is -1.07. The highest BCUT2D eigenvalue weighted by Crippen LogP contribution is 2.23. The van der Waals surface area contributed by atoms with Crippen LogP contribution in [0.3, 0.4) is 0 Å². The highest BCUT2D eigenvalue weighted by Gasteiger charge is 2.31. The molecule has 1 unspecified atom stereocenters. The Morgan fingerprint density at radius 2 is 2.24 bits per heavy atom. The second-order valence-electron chi connectivity index (χ2n) is 3.83. The van der Waals surface area contributed by atoms with Gasteiger partial charge < -0.3 is 4.74 Å². The third-order valence-electron chi connectivity index (χ3n) is 2.68. The Morgan fingerprint density at radius 1 is 1.47 bits per heavy atom. The molecule has 0 N–H and O–H groups in total. The molecular weight excluding hydrogens is 291 g/mol. The summed E-state index contributed by atoms with van der Waals surface area (Å²) in [6.45, 7) is 0.438. The molecular formula is C12H10BrFO3. The predicted molar refractivity (Wildman–Crippen MR) is 62.4 cm³/mol. The first kappa shape index (κ1) is 12.4. The van der Waals surface area contributed by atoms with Crippen LogP contribution < -0.4 is 0 Å². The minimum absolute atomic E-state index is 0.0839. The molecule has 0 aromatic heterocycles. The lowest BCUT2D eigenvalue weighted by atomic mass is 9.91. The van der Waals surface area contributed by atoms with Crippen LogP contribution >= 0.6 is 15.9 Å². The third kappa shape index (κ3) is 2.61. The van der Waals surface area contributed by atoms with Crippen molar-refractivity contribution in [2.45, 2.75) is 6.42 Å². The Balaban J connectivity index is 2.29. The molecule has 0 bridgehead atoms. The van der Waals surface area contributed by atoms with Crippen molar-refractivity contribution in [2.24, 2.45) is 5.92 Å². The van der Waals surface area contributed by atoms with E-state index in [9.17, 15) is 14.0 Å². The Labute approximate surface area is 106 Å². The molecule has 1 aromatic carbocycles. The normalized spacial score (nSPS) is 20.4. The van der Waals surface area contributed by atoms with Crippen molar-refractivity contribution in [3.63, 3.8) is 0 Å². The summed E-state index contributed by atoms with van der Waals surface area (Å²) in [5, 5.41) is 0. The van der Waals surface area contributed by atoms with E-state index in [4.69, 9.17) is 4.74 Å². The fourth-order valence-corrected chi connectivity index (χ4v) is 2.18. The Morgan fingerprint density at radius 3 is 2.94 bits per heavy atom. The average Bonchev–Trinajstić information content (AvgIpc) is 2.32. The molecule has 0 saturated carbocycles. The SMILES string of the molecule is O=C1CCOCC1C(=O)c1cc(F)ccc1Br. The van der Waals surface area contributed by atoms with E-state index in [1.807, 2.05) is 0 Å². The van der Waals surface area contributed by atoms with Crippen molar-refractivity contribution in [1.82, 2.24) is 0 Å². The predicted octanol–water partition coefficient (Wildman–Crippen LogP) is 2.38. The summed E-state index contributed by atoms with van der Waals surface area (Å²) in [4.78, 5) is 23.7. The summed E-state index contributed by atoms with van der Waals surface area (Å²) < 4.78 is 18.7. The molecule has 1 aliphatic rings. The van der Waals surface area contributed by atoms with Crippen molar-refractivity contribution in [3.8, 4) is 0 Å². The zero-order chi connectivity index (χ0) is 12.4. The number of ketones is 2. The summed E-state index contributed by atoms with van der Waals surface area (Å²) in [5.74, 6) is -1.83. The topological polar surface area (TPSA) is 43.4 Å². The van der Waals surface area contributed by atoms with Gasteiger partial charge in [-0.2, -0.15) is 0 Å². The standard InChI is InChI=1S/C12H10BrFO3/c13-10-2-1-7(14)5-8(10)12(16)9-6-17-4-3-11(9)15/h1-2,5,9H,3-4,6H2. The molecule has 5 heteroatoms. The van der Waals surface area contributed by atoms with Gasteiger partial charge in [0.05, 0.1) is 13.2 Å². The van der Waals surface area contributed by atoms with Gasteiger partial charge in [0, 0.05) is 16.5 Å². The summed E-state index contributed by atoms with van der Waals surface area (Å²) >= 11 is 3.18. The summed E-state index contributed by atoms with van der Waals surface area (Å²) in [7, 11) is 0. The number of halogens is 2. The average molecular weight is 301 g/mol. The summed E-state index contributed by atoms with van der Waals surface area (Å²) in [5.41, 5.74) is 0.189. The van der Waals surface area contributed by atoms with Gasteiger partial charge in [0.25, 0.3) is 0 Å². The molecule has 0 amide bonds. The first-order valence-corrected chi connectivity index (χ1v) is 5.98. The largest absolute Gasteiger partial charge is 0.380 e. The Kier molecular flexibility index (Phi) is 3.69. The fraction of sp³-hybridized carbons (Fsp3) is 0.333. The molecule has 90 valence electrons. The van der Waals surface area contributed by atoms with E-state index in [0.717, 1.165) is 6.07 Å². The van der Waals surface area contributed by atoms with Crippen molar-refractivity contribution in [2.75, 3.05) is 13.2 Å². The second-order valence-corrected chi connectivity index (χ2v) is 4.69. The van der Waals surface area contributed by atoms with Crippen molar-refractivity contribution < 1.29 is 18.7 Å². The third-order valence-corrected chi connectivity index (χ3v) is 3.37. The first-order valence-electron chi connectivity index (χ1n) is 5.19. The van der Waals surface area contributed by atoms with Crippen LogP contribution in [-0.4, -0.2) is 24.8 Å². The van der Waals surface area contributed by atoms with E-state index in [1.165, 1.54) is 12.1 Å². The van der Waals surface area contributed by atoms with E-state index in [1.54, 1.807) is 0 Å². The minimum Gasteiger partial charge on any atom is -0.380 e. The number of hydrogen-bond donors (Lipinski definition) is 0. The van der Waals surface area contributed by atoms with Crippen LogP contribution in [0.15, 0.2) is 22.7 Å². The van der Waals surface area contributed by atoms with Gasteiger partial charge in [0.15, 0.2) is 5.78 Å². The molecule has 3 nitrogen and oxygen atoms in total. The lowest BCUT2D eigenvalue weighted by molar-refractivity contribution is -0.128. The van der Waals surface area contributed by atoms with Gasteiger partial charge in [-0.3, -0.25) is 9.59 Å². The van der Waals surface area contributed by atoms with Gasteiger partial charge in [-0.15, -0.1) is 0 Å². The van der Waals surface area contributed by atoms with Gasteiger partial charge in [-0.05, 0) is 18.2 Å². The molecule has 1 atom stereocenters. The van der Waals surface area contributed by atoms with Crippen LogP contribution in [0, 0.1) is 11.7 Å². The van der Waals surface area contributed by atoms with Crippen molar-refractivity contribution in [1.29, 1.82) is 0 Å². The minimum atomic E-state index is -0.804. The number of rotatable bonds is 2. The van der Waals surface area contributed by atoms with Gasteiger partial charge in [-0.25, -0.2) is 4.39 Å².